The maximum Gasteiger partial charge on any atom is 0.391 e. The molecule has 0 fully saturated rings. The molecule has 0 spiro atoms. The second-order valence-electron chi connectivity index (χ2n) is 2.53. The Hall–Kier alpha value is -0.700. The second kappa shape index (κ2) is 4.51. The average molecular weight is 204 g/mol. The Kier molecular flexibility index (Phi) is 3.60. The third-order valence-corrected chi connectivity index (χ3v) is 1.90. The van der Waals surface area contributed by atoms with Gasteiger partial charge in [-0.2, -0.15) is 0 Å². The lowest BCUT2D eigenvalue weighted by Gasteiger charge is -2.06. The van der Waals surface area contributed by atoms with E-state index >= 15 is 0 Å². The van der Waals surface area contributed by atoms with Gasteiger partial charge in [0.2, 0.25) is 0 Å². The first-order chi connectivity index (χ1) is 6.09. The van der Waals surface area contributed by atoms with Crippen molar-refractivity contribution in [2.45, 2.75) is 13.1 Å². The normalized spacial score (nSPS) is 13.0. The van der Waals surface area contributed by atoms with Gasteiger partial charge < -0.3 is 14.3 Å². The van der Waals surface area contributed by atoms with Gasteiger partial charge in [0.25, 0.3) is 0 Å². The lowest BCUT2D eigenvalue weighted by atomic mass is 10.1. The number of hydrogen-bond donors (Lipinski definition) is 2. The van der Waals surface area contributed by atoms with Crippen molar-refractivity contribution >= 4 is 8.60 Å². The molecule has 0 radical (unpaired) electrons. The van der Waals surface area contributed by atoms with Gasteiger partial charge in [0.05, 0.1) is 0 Å². The largest absolute Gasteiger partial charge is 0.427 e. The number of benzene rings is 1. The molecule has 0 bridgehead atoms. The maximum atomic E-state index is 12.7. The average Bonchev–Trinajstić information content (AvgIpc) is 2.04. The summed E-state index contributed by atoms with van der Waals surface area (Å²) in [4.78, 5) is 17.0. The highest BCUT2D eigenvalue weighted by atomic mass is 31.2. The van der Waals surface area contributed by atoms with Gasteiger partial charge in [-0.25, -0.2) is 4.39 Å². The van der Waals surface area contributed by atoms with E-state index in [1.54, 1.807) is 12.1 Å². The molecular weight excluding hydrogens is 194 g/mol. The molecule has 0 saturated heterocycles. The van der Waals surface area contributed by atoms with Gasteiger partial charge in [-0.1, -0.05) is 12.1 Å². The highest BCUT2D eigenvalue weighted by Crippen LogP contribution is 2.29. The zero-order valence-corrected chi connectivity index (χ0v) is 7.91. The summed E-state index contributed by atoms with van der Waals surface area (Å²) < 4.78 is 17.3. The zero-order valence-electron chi connectivity index (χ0n) is 7.01. The minimum atomic E-state index is -2.40. The first kappa shape index (κ1) is 10.4. The van der Waals surface area contributed by atoms with Gasteiger partial charge in [-0.05, 0) is 24.6 Å². The molecule has 13 heavy (non-hydrogen) atoms. The van der Waals surface area contributed by atoms with Gasteiger partial charge in [0.1, 0.15) is 11.9 Å². The van der Waals surface area contributed by atoms with Crippen molar-refractivity contribution in [1.29, 1.82) is 0 Å². The van der Waals surface area contributed by atoms with Crippen LogP contribution in [0.2, 0.25) is 0 Å². The summed E-state index contributed by atoms with van der Waals surface area (Å²) in [5, 5.41) is 0. The molecule has 0 aliphatic heterocycles. The van der Waals surface area contributed by atoms with E-state index in [1.807, 2.05) is 0 Å². The first-order valence-corrected chi connectivity index (χ1v) is 4.86. The lowest BCUT2D eigenvalue weighted by molar-refractivity contribution is 0.370. The summed E-state index contributed by atoms with van der Waals surface area (Å²) in [5.74, 6) is 0.320. The van der Waals surface area contributed by atoms with Crippen LogP contribution in [0.25, 0.3) is 0 Å². The van der Waals surface area contributed by atoms with Gasteiger partial charge in [0, 0.05) is 0 Å². The van der Waals surface area contributed by atoms with Gasteiger partial charge in [-0.15, -0.1) is 0 Å². The molecule has 0 saturated carbocycles. The van der Waals surface area contributed by atoms with Crippen LogP contribution in [0.15, 0.2) is 24.3 Å². The van der Waals surface area contributed by atoms with Gasteiger partial charge in [0.15, 0.2) is 0 Å². The minimum absolute atomic E-state index is 0.320. The van der Waals surface area contributed by atoms with Crippen molar-refractivity contribution < 1.29 is 18.7 Å². The predicted molar refractivity (Wildman–Crippen MR) is 48.0 cm³/mol. The molecule has 3 nitrogen and oxygen atoms in total. The fraction of sp³-hybridized carbons (Fsp3) is 0.250. The Morgan fingerprint density at radius 1 is 1.31 bits per heavy atom. The number of alkyl halides is 1. The third kappa shape index (κ3) is 3.27. The van der Waals surface area contributed by atoms with Crippen molar-refractivity contribution in [1.82, 2.24) is 0 Å². The lowest BCUT2D eigenvalue weighted by Crippen LogP contribution is -1.87. The smallest absolute Gasteiger partial charge is 0.391 e. The molecule has 1 atom stereocenters. The molecule has 0 amide bonds. The predicted octanol–water partition coefficient (Wildman–Crippen LogP) is 2.31. The van der Waals surface area contributed by atoms with E-state index in [0.717, 1.165) is 0 Å². The molecule has 1 aromatic carbocycles. The quantitative estimate of drug-likeness (QED) is 0.742. The van der Waals surface area contributed by atoms with E-state index in [2.05, 4.69) is 4.52 Å². The first-order valence-electron chi connectivity index (χ1n) is 3.69. The van der Waals surface area contributed by atoms with Crippen molar-refractivity contribution in [2.75, 3.05) is 0 Å². The monoisotopic (exact) mass is 204 g/mol. The minimum Gasteiger partial charge on any atom is -0.427 e. The second-order valence-corrected chi connectivity index (χ2v) is 3.22. The van der Waals surface area contributed by atoms with Crippen LogP contribution in [-0.4, -0.2) is 9.79 Å². The van der Waals surface area contributed by atoms with Crippen molar-refractivity contribution in [3.63, 3.8) is 0 Å². The summed E-state index contributed by atoms with van der Waals surface area (Å²) in [7, 11) is -2.40. The van der Waals surface area contributed by atoms with E-state index in [-0.39, 0.29) is 0 Å². The van der Waals surface area contributed by atoms with E-state index in [0.29, 0.717) is 11.3 Å². The Morgan fingerprint density at radius 2 is 1.85 bits per heavy atom. The molecule has 0 aliphatic rings. The van der Waals surface area contributed by atoms with Crippen LogP contribution in [0.4, 0.5) is 4.39 Å². The summed E-state index contributed by atoms with van der Waals surface area (Å²) in [5.41, 5.74) is 0.535. The van der Waals surface area contributed by atoms with E-state index in [9.17, 15) is 4.39 Å². The van der Waals surface area contributed by atoms with E-state index < -0.39 is 14.8 Å². The van der Waals surface area contributed by atoms with Crippen molar-refractivity contribution in [2.24, 2.45) is 0 Å². The number of halogens is 1. The van der Waals surface area contributed by atoms with Crippen LogP contribution in [0, 0.1) is 0 Å². The molecular formula is C8H10FO3P. The third-order valence-electron chi connectivity index (χ3n) is 1.53. The van der Waals surface area contributed by atoms with Crippen molar-refractivity contribution in [3.05, 3.63) is 29.8 Å². The summed E-state index contributed by atoms with van der Waals surface area (Å²) in [6.07, 6.45) is -1.03. The zero-order chi connectivity index (χ0) is 9.84. The Balaban J connectivity index is 2.70. The van der Waals surface area contributed by atoms with Gasteiger partial charge >= 0.3 is 8.60 Å². The molecule has 1 aromatic rings. The number of rotatable bonds is 3. The Bertz CT molecular complexity index is 261. The van der Waals surface area contributed by atoms with Crippen LogP contribution in [0.5, 0.6) is 5.75 Å². The molecule has 5 heteroatoms. The van der Waals surface area contributed by atoms with Crippen LogP contribution in [-0.2, 0) is 0 Å². The fourth-order valence-corrected chi connectivity index (χ4v) is 1.20. The molecule has 0 aliphatic carbocycles. The standard InChI is InChI=1S/C8H10FO3P/c1-6(9)7-2-4-8(5-3-7)12-13(10)11/h2-6,10-11H,1H3. The van der Waals surface area contributed by atoms with E-state index in [4.69, 9.17) is 9.79 Å². The molecule has 0 heterocycles. The van der Waals surface area contributed by atoms with Crippen molar-refractivity contribution in [3.8, 4) is 5.75 Å². The molecule has 1 rings (SSSR count). The summed E-state index contributed by atoms with van der Waals surface area (Å²) >= 11 is 0. The highest BCUT2D eigenvalue weighted by Gasteiger charge is 2.05. The van der Waals surface area contributed by atoms with Crippen LogP contribution < -0.4 is 4.52 Å². The SMILES string of the molecule is CC(F)c1ccc(OP(O)O)cc1. The maximum absolute atomic E-state index is 12.7. The molecule has 2 N–H and O–H groups in total. The highest BCUT2D eigenvalue weighted by molar-refractivity contribution is 7.39. The Morgan fingerprint density at radius 3 is 2.23 bits per heavy atom. The topological polar surface area (TPSA) is 49.7 Å². The molecule has 72 valence electrons. The molecule has 0 aromatic heterocycles. The fourth-order valence-electron chi connectivity index (χ4n) is 0.888. The van der Waals surface area contributed by atoms with E-state index in [1.165, 1.54) is 19.1 Å². The Labute approximate surface area is 76.8 Å². The van der Waals surface area contributed by atoms with Crippen LogP contribution in [0.3, 0.4) is 0 Å². The number of hydrogen-bond acceptors (Lipinski definition) is 3. The summed E-state index contributed by atoms with van der Waals surface area (Å²) in [6.45, 7) is 1.43. The molecule has 1 unspecified atom stereocenters. The van der Waals surface area contributed by atoms with Crippen LogP contribution >= 0.6 is 8.60 Å². The summed E-state index contributed by atoms with van der Waals surface area (Å²) in [6, 6.07) is 6.07. The van der Waals surface area contributed by atoms with Crippen LogP contribution in [0.1, 0.15) is 18.7 Å². The van der Waals surface area contributed by atoms with Gasteiger partial charge in [-0.3, -0.25) is 0 Å².